The van der Waals surface area contributed by atoms with Crippen molar-refractivity contribution in [3.8, 4) is 0 Å². The Morgan fingerprint density at radius 1 is 1.07 bits per heavy atom. The van der Waals surface area contributed by atoms with Crippen molar-refractivity contribution in [3.63, 3.8) is 0 Å². The van der Waals surface area contributed by atoms with E-state index in [1.54, 1.807) is 6.92 Å². The number of ketones is 1. The number of Topliss-reactive ketones (excluding diaryl/α,β-unsaturated/α-hetero) is 1. The van der Waals surface area contributed by atoms with E-state index in [4.69, 9.17) is 5.73 Å². The minimum absolute atomic E-state index is 0.100. The maximum Gasteiger partial charge on any atom is 0.146 e. The highest BCUT2D eigenvalue weighted by molar-refractivity contribution is 5.80. The monoisotopic (exact) mass is 217 g/mol. The van der Waals surface area contributed by atoms with Crippen LogP contribution in [-0.4, -0.2) is 11.8 Å². The Morgan fingerprint density at radius 3 is 1.60 bits per heavy atom. The molecule has 0 fully saturated rings. The Bertz CT molecular complexity index is 111. The number of rotatable bonds is 4. The minimum atomic E-state index is -0.218. The van der Waals surface area contributed by atoms with Crippen LogP contribution in [0, 0.1) is 0 Å². The maximum atomic E-state index is 10.5. The fourth-order valence-electron chi connectivity index (χ4n) is 0.627. The summed E-state index contributed by atoms with van der Waals surface area (Å²) in [7, 11) is 0. The number of carbonyl (C=O) groups excluding carboxylic acids is 1. The van der Waals surface area contributed by atoms with Gasteiger partial charge >= 0.3 is 0 Å². The Hall–Kier alpha value is -0.370. The lowest BCUT2D eigenvalue weighted by atomic mass is 10.1. The van der Waals surface area contributed by atoms with Crippen molar-refractivity contribution < 1.29 is 4.79 Å². The van der Waals surface area contributed by atoms with E-state index in [-0.39, 0.29) is 11.8 Å². The summed E-state index contributed by atoms with van der Waals surface area (Å²) in [6.07, 6.45) is 5.51. The number of hydrogen-bond donors (Lipinski definition) is 1. The van der Waals surface area contributed by atoms with E-state index in [9.17, 15) is 4.79 Å². The number of hydrogen-bond acceptors (Lipinski definition) is 2. The first kappa shape index (κ1) is 20.1. The van der Waals surface area contributed by atoms with Crippen molar-refractivity contribution in [1.82, 2.24) is 0 Å². The fourth-order valence-corrected chi connectivity index (χ4v) is 0.627. The standard InChI is InChI=1S/C7H15NO.2C3H8/c1-3-4-5-7(8)6(2)9;2*1-3-2/h7H,3-5,8H2,1-2H3;2*3H2,1-2H3. The van der Waals surface area contributed by atoms with E-state index in [1.165, 1.54) is 12.8 Å². The van der Waals surface area contributed by atoms with Gasteiger partial charge in [0.05, 0.1) is 6.04 Å². The van der Waals surface area contributed by atoms with Gasteiger partial charge in [-0.15, -0.1) is 0 Å². The molecule has 0 bridgehead atoms. The van der Waals surface area contributed by atoms with Crippen LogP contribution >= 0.6 is 0 Å². The van der Waals surface area contributed by atoms with Crippen LogP contribution in [-0.2, 0) is 4.79 Å². The molecule has 94 valence electrons. The molecule has 0 rings (SSSR count). The predicted molar refractivity (Wildman–Crippen MR) is 70.1 cm³/mol. The van der Waals surface area contributed by atoms with Crippen LogP contribution in [0.2, 0.25) is 0 Å². The third-order valence-electron chi connectivity index (χ3n) is 1.39. The quantitative estimate of drug-likeness (QED) is 0.775. The van der Waals surface area contributed by atoms with Crippen molar-refractivity contribution in [2.45, 2.75) is 79.7 Å². The SMILES string of the molecule is CCC.CCC.CCCCC(N)C(C)=O. The van der Waals surface area contributed by atoms with Gasteiger partial charge in [-0.05, 0) is 13.3 Å². The largest absolute Gasteiger partial charge is 0.322 e. The van der Waals surface area contributed by atoms with Gasteiger partial charge in [0.25, 0.3) is 0 Å². The van der Waals surface area contributed by atoms with Crippen molar-refractivity contribution in [1.29, 1.82) is 0 Å². The Kier molecular flexibility index (Phi) is 25.8. The normalized spacial score (nSPS) is 10.3. The first-order valence-electron chi connectivity index (χ1n) is 6.27. The Balaban J connectivity index is -0.000000200. The van der Waals surface area contributed by atoms with Gasteiger partial charge in [-0.25, -0.2) is 0 Å². The topological polar surface area (TPSA) is 43.1 Å². The fraction of sp³-hybridized carbons (Fsp3) is 0.923. The highest BCUT2D eigenvalue weighted by Crippen LogP contribution is 1.97. The second kappa shape index (κ2) is 19.2. The average molecular weight is 217 g/mol. The van der Waals surface area contributed by atoms with Gasteiger partial charge in [-0.3, -0.25) is 4.79 Å². The molecule has 15 heavy (non-hydrogen) atoms. The van der Waals surface area contributed by atoms with Gasteiger partial charge in [0.15, 0.2) is 0 Å². The zero-order valence-electron chi connectivity index (χ0n) is 11.6. The summed E-state index contributed by atoms with van der Waals surface area (Å²) in [5, 5.41) is 0. The van der Waals surface area contributed by atoms with Crippen LogP contribution in [0.5, 0.6) is 0 Å². The molecule has 0 saturated heterocycles. The van der Waals surface area contributed by atoms with E-state index in [0.717, 1.165) is 19.3 Å². The molecule has 0 aromatic rings. The van der Waals surface area contributed by atoms with Gasteiger partial charge in [-0.1, -0.05) is 60.3 Å². The molecule has 0 aliphatic heterocycles. The molecule has 2 heteroatoms. The van der Waals surface area contributed by atoms with Crippen molar-refractivity contribution in [2.24, 2.45) is 5.73 Å². The van der Waals surface area contributed by atoms with Crippen LogP contribution in [0.25, 0.3) is 0 Å². The molecule has 0 spiro atoms. The molecule has 0 aromatic carbocycles. The summed E-state index contributed by atoms with van der Waals surface area (Å²) in [6, 6.07) is -0.218. The third kappa shape index (κ3) is 31.7. The van der Waals surface area contributed by atoms with Crippen LogP contribution in [0.4, 0.5) is 0 Å². The summed E-state index contributed by atoms with van der Waals surface area (Å²) in [5.74, 6) is 0.100. The molecular weight excluding hydrogens is 186 g/mol. The molecule has 0 saturated carbocycles. The smallest absolute Gasteiger partial charge is 0.146 e. The van der Waals surface area contributed by atoms with Gasteiger partial charge < -0.3 is 5.73 Å². The molecule has 2 N–H and O–H groups in total. The van der Waals surface area contributed by atoms with Gasteiger partial charge in [0.2, 0.25) is 0 Å². The van der Waals surface area contributed by atoms with Crippen LogP contribution < -0.4 is 5.73 Å². The highest BCUT2D eigenvalue weighted by Gasteiger charge is 2.05. The molecular formula is C13H31NO. The number of carbonyl (C=O) groups is 1. The zero-order valence-corrected chi connectivity index (χ0v) is 11.6. The molecule has 1 unspecified atom stereocenters. The molecule has 0 heterocycles. The first-order chi connectivity index (χ1) is 7.01. The number of nitrogens with two attached hydrogens (primary N) is 1. The summed E-state index contributed by atoms with van der Waals surface area (Å²) < 4.78 is 0. The van der Waals surface area contributed by atoms with Crippen LogP contribution in [0.1, 0.15) is 73.6 Å². The molecule has 0 aliphatic carbocycles. The molecule has 0 aromatic heterocycles. The van der Waals surface area contributed by atoms with Gasteiger partial charge in [0.1, 0.15) is 5.78 Å². The van der Waals surface area contributed by atoms with Crippen LogP contribution in [0.3, 0.4) is 0 Å². The molecule has 0 radical (unpaired) electrons. The summed E-state index contributed by atoms with van der Waals surface area (Å²) in [5.41, 5.74) is 5.45. The van der Waals surface area contributed by atoms with Gasteiger partial charge in [-0.2, -0.15) is 0 Å². The van der Waals surface area contributed by atoms with E-state index in [1.807, 2.05) is 0 Å². The van der Waals surface area contributed by atoms with E-state index in [0.29, 0.717) is 0 Å². The second-order valence-electron chi connectivity index (χ2n) is 3.77. The highest BCUT2D eigenvalue weighted by atomic mass is 16.1. The van der Waals surface area contributed by atoms with Crippen LogP contribution in [0.15, 0.2) is 0 Å². The predicted octanol–water partition coefficient (Wildman–Crippen LogP) is 3.93. The Morgan fingerprint density at radius 2 is 1.40 bits per heavy atom. The average Bonchev–Trinajstić information content (AvgIpc) is 2.16. The van der Waals surface area contributed by atoms with Gasteiger partial charge in [0, 0.05) is 0 Å². The lowest BCUT2D eigenvalue weighted by Crippen LogP contribution is -2.27. The van der Waals surface area contributed by atoms with Crippen molar-refractivity contribution in [2.75, 3.05) is 0 Å². The van der Waals surface area contributed by atoms with E-state index < -0.39 is 0 Å². The molecule has 0 amide bonds. The van der Waals surface area contributed by atoms with E-state index in [2.05, 4.69) is 34.6 Å². The first-order valence-corrected chi connectivity index (χ1v) is 6.27. The Labute approximate surface area is 96.6 Å². The van der Waals surface area contributed by atoms with E-state index >= 15 is 0 Å². The van der Waals surface area contributed by atoms with Crippen molar-refractivity contribution >= 4 is 5.78 Å². The van der Waals surface area contributed by atoms with Crippen molar-refractivity contribution in [3.05, 3.63) is 0 Å². The summed E-state index contributed by atoms with van der Waals surface area (Å²) in [4.78, 5) is 10.5. The zero-order chi connectivity index (χ0) is 12.7. The molecule has 1 atom stereocenters. The lowest BCUT2D eigenvalue weighted by molar-refractivity contribution is -0.118. The summed E-state index contributed by atoms with van der Waals surface area (Å²) >= 11 is 0. The molecule has 0 aliphatic rings. The third-order valence-corrected chi connectivity index (χ3v) is 1.39. The minimum Gasteiger partial charge on any atom is -0.322 e. The maximum absolute atomic E-state index is 10.5. The summed E-state index contributed by atoms with van der Waals surface area (Å²) in [6.45, 7) is 12.1. The lowest BCUT2D eigenvalue weighted by Gasteiger charge is -2.04. The number of unbranched alkanes of at least 4 members (excludes halogenated alkanes) is 1. The molecule has 2 nitrogen and oxygen atoms in total. The second-order valence-corrected chi connectivity index (χ2v) is 3.77.